The maximum absolute atomic E-state index is 12.9. The molecule has 0 bridgehead atoms. The Balaban J connectivity index is 2.37. The van der Waals surface area contributed by atoms with Gasteiger partial charge >= 0.3 is 11.9 Å². The lowest BCUT2D eigenvalue weighted by atomic mass is 10.1. The third-order valence-electron chi connectivity index (χ3n) is 4.15. The summed E-state index contributed by atoms with van der Waals surface area (Å²) in [5, 5.41) is 6.44. The predicted molar refractivity (Wildman–Crippen MR) is 102 cm³/mol. The summed E-state index contributed by atoms with van der Waals surface area (Å²) in [6.07, 6.45) is -2.76. The van der Waals surface area contributed by atoms with E-state index in [0.29, 0.717) is 11.3 Å². The Hall–Kier alpha value is -2.82. The average Bonchev–Trinajstić information content (AvgIpc) is 3.21. The SMILES string of the molecule is CCOC(=O)c1sc(NC(=O)C(C)n2nc(C(F)F)cc2C)c(C(=O)OC)c1C. The number of aromatic nitrogens is 2. The van der Waals surface area contributed by atoms with Gasteiger partial charge in [0.05, 0.1) is 19.3 Å². The number of anilines is 1. The Bertz CT molecular complexity index is 938. The van der Waals surface area contributed by atoms with Gasteiger partial charge in [-0.15, -0.1) is 11.3 Å². The molecule has 2 aromatic rings. The molecule has 2 rings (SSSR count). The number of ether oxygens (including phenoxy) is 2. The average molecular weight is 429 g/mol. The number of nitrogens with one attached hydrogen (secondary N) is 1. The lowest BCUT2D eigenvalue weighted by Crippen LogP contribution is -2.25. The van der Waals surface area contributed by atoms with Crippen molar-refractivity contribution in [1.29, 1.82) is 0 Å². The van der Waals surface area contributed by atoms with Crippen molar-refractivity contribution >= 4 is 34.2 Å². The highest BCUT2D eigenvalue weighted by Crippen LogP contribution is 2.35. The van der Waals surface area contributed by atoms with Crippen LogP contribution in [0.25, 0.3) is 0 Å². The summed E-state index contributed by atoms with van der Waals surface area (Å²) in [5.41, 5.74) is 0.296. The zero-order valence-electron chi connectivity index (χ0n) is 16.5. The lowest BCUT2D eigenvalue weighted by Gasteiger charge is -2.14. The van der Waals surface area contributed by atoms with Gasteiger partial charge in [0.15, 0.2) is 0 Å². The Morgan fingerprint density at radius 3 is 2.45 bits per heavy atom. The van der Waals surface area contributed by atoms with Crippen LogP contribution in [0.2, 0.25) is 0 Å². The van der Waals surface area contributed by atoms with E-state index >= 15 is 0 Å². The van der Waals surface area contributed by atoms with Gasteiger partial charge in [0, 0.05) is 5.69 Å². The summed E-state index contributed by atoms with van der Waals surface area (Å²) in [6.45, 7) is 6.37. The van der Waals surface area contributed by atoms with Crippen molar-refractivity contribution in [2.75, 3.05) is 19.0 Å². The number of carbonyl (C=O) groups excluding carboxylic acids is 3. The number of carbonyl (C=O) groups is 3. The fourth-order valence-corrected chi connectivity index (χ4v) is 3.77. The maximum Gasteiger partial charge on any atom is 0.348 e. The molecule has 1 amide bonds. The number of esters is 2. The van der Waals surface area contributed by atoms with Crippen LogP contribution in [0.5, 0.6) is 0 Å². The minimum Gasteiger partial charge on any atom is -0.465 e. The number of methoxy groups -OCH3 is 1. The molecule has 1 unspecified atom stereocenters. The van der Waals surface area contributed by atoms with Crippen molar-refractivity contribution in [3.8, 4) is 0 Å². The van der Waals surface area contributed by atoms with Crippen LogP contribution >= 0.6 is 11.3 Å². The molecule has 2 heterocycles. The monoisotopic (exact) mass is 429 g/mol. The van der Waals surface area contributed by atoms with Gasteiger partial charge in [0.1, 0.15) is 21.6 Å². The molecule has 0 saturated heterocycles. The van der Waals surface area contributed by atoms with Crippen molar-refractivity contribution in [3.63, 3.8) is 0 Å². The van der Waals surface area contributed by atoms with Crippen LogP contribution in [-0.4, -0.2) is 41.3 Å². The summed E-state index contributed by atoms with van der Waals surface area (Å²) in [7, 11) is 1.18. The highest BCUT2D eigenvalue weighted by atomic mass is 32.1. The first kappa shape index (κ1) is 22.5. The predicted octanol–water partition coefficient (Wildman–Crippen LogP) is 3.66. The molecule has 158 valence electrons. The van der Waals surface area contributed by atoms with Gasteiger partial charge in [-0.25, -0.2) is 18.4 Å². The topological polar surface area (TPSA) is 99.5 Å². The molecule has 1 atom stereocenters. The fraction of sp³-hybridized carbons (Fsp3) is 0.444. The van der Waals surface area contributed by atoms with Gasteiger partial charge in [-0.3, -0.25) is 9.48 Å². The first-order chi connectivity index (χ1) is 13.6. The van der Waals surface area contributed by atoms with Crippen molar-refractivity contribution in [1.82, 2.24) is 9.78 Å². The van der Waals surface area contributed by atoms with Gasteiger partial charge in [0.2, 0.25) is 5.91 Å². The van der Waals surface area contributed by atoms with Gasteiger partial charge in [0.25, 0.3) is 6.43 Å². The first-order valence-electron chi connectivity index (χ1n) is 8.66. The number of amides is 1. The molecule has 1 N–H and O–H groups in total. The van der Waals surface area contributed by atoms with E-state index in [9.17, 15) is 23.2 Å². The van der Waals surface area contributed by atoms with E-state index < -0.39 is 36.0 Å². The van der Waals surface area contributed by atoms with Crippen molar-refractivity contribution < 1.29 is 32.6 Å². The van der Waals surface area contributed by atoms with Gasteiger partial charge in [-0.2, -0.15) is 5.10 Å². The van der Waals surface area contributed by atoms with Crippen molar-refractivity contribution in [3.05, 3.63) is 33.5 Å². The number of hydrogen-bond acceptors (Lipinski definition) is 7. The zero-order chi connectivity index (χ0) is 21.9. The summed E-state index contributed by atoms with van der Waals surface area (Å²) in [5.74, 6) is -1.95. The fourth-order valence-electron chi connectivity index (χ4n) is 2.68. The van der Waals surface area contributed by atoms with E-state index in [1.54, 1.807) is 20.8 Å². The first-order valence-corrected chi connectivity index (χ1v) is 9.47. The Morgan fingerprint density at radius 1 is 1.28 bits per heavy atom. The Kier molecular flexibility index (Phi) is 7.07. The van der Waals surface area contributed by atoms with Gasteiger partial charge < -0.3 is 14.8 Å². The van der Waals surface area contributed by atoms with Crippen LogP contribution in [-0.2, 0) is 14.3 Å². The molecule has 2 aromatic heterocycles. The molecule has 0 aromatic carbocycles. The minimum atomic E-state index is -2.76. The van der Waals surface area contributed by atoms with Gasteiger partial charge in [-0.1, -0.05) is 0 Å². The molecule has 8 nitrogen and oxygen atoms in total. The summed E-state index contributed by atoms with van der Waals surface area (Å²) in [4.78, 5) is 37.2. The third-order valence-corrected chi connectivity index (χ3v) is 5.33. The second-order valence-electron chi connectivity index (χ2n) is 6.09. The molecule has 0 radical (unpaired) electrons. The molecule has 0 aliphatic heterocycles. The number of hydrogen-bond donors (Lipinski definition) is 1. The molecule has 0 aliphatic rings. The van der Waals surface area contributed by atoms with E-state index in [0.717, 1.165) is 11.3 Å². The van der Waals surface area contributed by atoms with E-state index in [1.165, 1.54) is 24.8 Å². The smallest absolute Gasteiger partial charge is 0.348 e. The molecule has 11 heteroatoms. The van der Waals surface area contributed by atoms with Crippen LogP contribution in [0.15, 0.2) is 6.07 Å². The number of alkyl halides is 2. The second kappa shape index (κ2) is 9.12. The van der Waals surface area contributed by atoms with Crippen LogP contribution in [0.4, 0.5) is 13.8 Å². The normalized spacial score (nSPS) is 12.0. The summed E-state index contributed by atoms with van der Waals surface area (Å²) < 4.78 is 36.6. The summed E-state index contributed by atoms with van der Waals surface area (Å²) in [6, 6.07) is 0.254. The zero-order valence-corrected chi connectivity index (χ0v) is 17.4. The number of thiophene rings is 1. The highest BCUT2D eigenvalue weighted by Gasteiger charge is 2.29. The number of aryl methyl sites for hydroxylation is 1. The maximum atomic E-state index is 12.9. The number of rotatable bonds is 7. The van der Waals surface area contributed by atoms with Crippen LogP contribution in [0.3, 0.4) is 0 Å². The lowest BCUT2D eigenvalue weighted by molar-refractivity contribution is -0.119. The molecular weight excluding hydrogens is 408 g/mol. The number of nitrogens with zero attached hydrogens (tertiary/aromatic N) is 2. The number of halogens is 2. The van der Waals surface area contributed by atoms with Gasteiger partial charge in [-0.05, 0) is 39.3 Å². The van der Waals surface area contributed by atoms with E-state index in [2.05, 4.69) is 10.4 Å². The van der Waals surface area contributed by atoms with Crippen LogP contribution in [0.1, 0.15) is 63.3 Å². The Labute approximate surface area is 169 Å². The van der Waals surface area contributed by atoms with E-state index in [-0.39, 0.29) is 22.0 Å². The molecule has 0 saturated carbocycles. The van der Waals surface area contributed by atoms with Crippen LogP contribution in [0, 0.1) is 13.8 Å². The molecule has 0 aliphatic carbocycles. The molecule has 29 heavy (non-hydrogen) atoms. The summed E-state index contributed by atoms with van der Waals surface area (Å²) >= 11 is 0.876. The van der Waals surface area contributed by atoms with Crippen molar-refractivity contribution in [2.24, 2.45) is 0 Å². The van der Waals surface area contributed by atoms with Crippen LogP contribution < -0.4 is 5.32 Å². The molecular formula is C18H21F2N3O5S. The minimum absolute atomic E-state index is 0.0339. The Morgan fingerprint density at radius 2 is 1.93 bits per heavy atom. The quantitative estimate of drug-likeness (QED) is 0.675. The molecule has 0 spiro atoms. The third kappa shape index (κ3) is 4.61. The molecule has 0 fully saturated rings. The van der Waals surface area contributed by atoms with Crippen molar-refractivity contribution in [2.45, 2.75) is 40.2 Å². The standard InChI is InChI=1S/C18H21F2N3O5S/c1-6-28-18(26)13-9(3)12(17(25)27-5)16(29-13)21-15(24)10(4)23-8(2)7-11(22-23)14(19)20/h7,10,14H,6H2,1-5H3,(H,21,24). The van der Waals surface area contributed by atoms with E-state index in [1.807, 2.05) is 0 Å². The second-order valence-corrected chi connectivity index (χ2v) is 7.11. The van der Waals surface area contributed by atoms with E-state index in [4.69, 9.17) is 9.47 Å². The largest absolute Gasteiger partial charge is 0.465 e. The highest BCUT2D eigenvalue weighted by molar-refractivity contribution is 7.18.